The molecule has 0 aliphatic heterocycles. The normalized spacial score (nSPS) is 12.5. The summed E-state index contributed by atoms with van der Waals surface area (Å²) in [6.45, 7) is 12.5. The van der Waals surface area contributed by atoms with E-state index in [0.717, 1.165) is 16.7 Å². The monoisotopic (exact) mass is 370 g/mol. The third-order valence-corrected chi connectivity index (χ3v) is 4.35. The van der Waals surface area contributed by atoms with Gasteiger partial charge in [-0.3, -0.25) is 4.79 Å². The highest BCUT2D eigenvalue weighted by molar-refractivity contribution is 5.80. The van der Waals surface area contributed by atoms with Crippen molar-refractivity contribution in [1.82, 2.24) is 5.43 Å². The van der Waals surface area contributed by atoms with Gasteiger partial charge in [0, 0.05) is 6.42 Å². The Hall–Kier alpha value is -2.56. The average molecular weight is 370 g/mol. The number of rotatable bonds is 5. The van der Waals surface area contributed by atoms with E-state index in [1.807, 2.05) is 12.1 Å². The quantitative estimate of drug-likeness (QED) is 0.593. The molecule has 1 aromatic heterocycles. The van der Waals surface area contributed by atoms with E-state index >= 15 is 0 Å². The number of phenols is 1. The van der Waals surface area contributed by atoms with Gasteiger partial charge in [0.1, 0.15) is 11.5 Å². The van der Waals surface area contributed by atoms with Gasteiger partial charge in [0.2, 0.25) is 5.91 Å². The molecule has 0 radical (unpaired) electrons. The van der Waals surface area contributed by atoms with Gasteiger partial charge in [-0.15, -0.1) is 0 Å². The molecule has 2 rings (SSSR count). The Bertz CT molecular complexity index is 772. The summed E-state index contributed by atoms with van der Waals surface area (Å²) in [5, 5.41) is 14.7. The minimum absolute atomic E-state index is 0.166. The molecule has 0 aliphatic carbocycles. The molecule has 0 unspecified atom stereocenters. The van der Waals surface area contributed by atoms with Crippen molar-refractivity contribution < 1.29 is 14.3 Å². The second-order valence-electron chi connectivity index (χ2n) is 8.85. The SMILES string of the molecule is CC(C)(C)c1cc(CCC(=O)NN=Cc2ccco2)cc(C(C)(C)C)c1O. The second kappa shape index (κ2) is 7.99. The standard InChI is InChI=1S/C22H30N2O3/c1-21(2,3)17-12-15(13-18(20(17)26)22(4,5)6)9-10-19(25)24-23-14-16-8-7-11-27-16/h7-8,11-14,26H,9-10H2,1-6H3,(H,24,25). The summed E-state index contributed by atoms with van der Waals surface area (Å²) in [4.78, 5) is 12.1. The molecular formula is C22H30N2O3. The largest absolute Gasteiger partial charge is 0.507 e. The van der Waals surface area contributed by atoms with Crippen molar-refractivity contribution in [3.8, 4) is 5.75 Å². The lowest BCUT2D eigenvalue weighted by molar-refractivity contribution is -0.121. The number of benzene rings is 1. The summed E-state index contributed by atoms with van der Waals surface area (Å²) in [6, 6.07) is 7.52. The van der Waals surface area contributed by atoms with Crippen molar-refractivity contribution in [2.75, 3.05) is 0 Å². The summed E-state index contributed by atoms with van der Waals surface area (Å²) >= 11 is 0. The highest BCUT2D eigenvalue weighted by Gasteiger charge is 2.26. The van der Waals surface area contributed by atoms with Gasteiger partial charge in [-0.2, -0.15) is 5.10 Å². The first kappa shape index (κ1) is 20.7. The molecule has 0 fully saturated rings. The molecule has 146 valence electrons. The first-order valence-electron chi connectivity index (χ1n) is 9.21. The van der Waals surface area contributed by atoms with Crippen LogP contribution < -0.4 is 5.43 Å². The topological polar surface area (TPSA) is 74.8 Å². The number of hydrogen-bond donors (Lipinski definition) is 2. The predicted molar refractivity (Wildman–Crippen MR) is 108 cm³/mol. The summed E-state index contributed by atoms with van der Waals surface area (Å²) in [6.07, 6.45) is 3.91. The molecule has 0 spiro atoms. The molecule has 0 atom stereocenters. The zero-order valence-electron chi connectivity index (χ0n) is 17.1. The number of carbonyl (C=O) groups excluding carboxylic acids is 1. The van der Waals surface area contributed by atoms with Crippen LogP contribution in [0.1, 0.15) is 70.4 Å². The molecule has 5 nitrogen and oxygen atoms in total. The van der Waals surface area contributed by atoms with Crippen molar-refractivity contribution in [3.63, 3.8) is 0 Å². The lowest BCUT2D eigenvalue weighted by atomic mass is 9.78. The summed E-state index contributed by atoms with van der Waals surface area (Å²) in [7, 11) is 0. The van der Waals surface area contributed by atoms with E-state index in [0.29, 0.717) is 24.4 Å². The van der Waals surface area contributed by atoms with Crippen LogP contribution in [0.15, 0.2) is 40.0 Å². The number of nitrogens with zero attached hydrogens (tertiary/aromatic N) is 1. The third-order valence-electron chi connectivity index (χ3n) is 4.35. The van der Waals surface area contributed by atoms with E-state index < -0.39 is 0 Å². The number of nitrogens with one attached hydrogen (secondary N) is 1. The summed E-state index contributed by atoms with van der Waals surface area (Å²) in [5.41, 5.74) is 4.99. The van der Waals surface area contributed by atoms with Crippen LogP contribution in [0.2, 0.25) is 0 Å². The number of amides is 1. The van der Waals surface area contributed by atoms with Crippen LogP contribution in [0.25, 0.3) is 0 Å². The molecule has 5 heteroatoms. The van der Waals surface area contributed by atoms with Gasteiger partial charge in [-0.25, -0.2) is 5.43 Å². The maximum Gasteiger partial charge on any atom is 0.240 e. The van der Waals surface area contributed by atoms with Crippen LogP contribution in [0.3, 0.4) is 0 Å². The van der Waals surface area contributed by atoms with Crippen molar-refractivity contribution in [2.24, 2.45) is 5.10 Å². The van der Waals surface area contributed by atoms with Crippen LogP contribution in [0.4, 0.5) is 0 Å². The number of aryl methyl sites for hydroxylation is 1. The number of hydrazone groups is 1. The first-order chi connectivity index (χ1) is 12.5. The van der Waals surface area contributed by atoms with Gasteiger partial charge in [0.15, 0.2) is 0 Å². The maximum atomic E-state index is 12.1. The first-order valence-corrected chi connectivity index (χ1v) is 9.21. The van der Waals surface area contributed by atoms with Crippen LogP contribution in [0, 0.1) is 0 Å². The van der Waals surface area contributed by atoms with E-state index in [9.17, 15) is 9.90 Å². The Labute approximate surface area is 161 Å². The molecular weight excluding hydrogens is 340 g/mol. The fraction of sp³-hybridized carbons (Fsp3) is 0.455. The Morgan fingerprint density at radius 3 is 2.22 bits per heavy atom. The van der Waals surface area contributed by atoms with Crippen molar-refractivity contribution in [3.05, 3.63) is 53.0 Å². The van der Waals surface area contributed by atoms with Crippen LogP contribution in [0.5, 0.6) is 5.75 Å². The van der Waals surface area contributed by atoms with E-state index in [2.05, 4.69) is 52.1 Å². The number of furan rings is 1. The summed E-state index contributed by atoms with van der Waals surface area (Å²) < 4.78 is 5.12. The lowest BCUT2D eigenvalue weighted by Gasteiger charge is -2.28. The molecule has 0 aliphatic rings. The van der Waals surface area contributed by atoms with Gasteiger partial charge in [0.25, 0.3) is 0 Å². The summed E-state index contributed by atoms with van der Waals surface area (Å²) in [5.74, 6) is 0.769. The smallest absolute Gasteiger partial charge is 0.240 e. The Morgan fingerprint density at radius 2 is 1.74 bits per heavy atom. The minimum atomic E-state index is -0.185. The van der Waals surface area contributed by atoms with Gasteiger partial charge < -0.3 is 9.52 Å². The van der Waals surface area contributed by atoms with E-state index in [1.54, 1.807) is 18.4 Å². The van der Waals surface area contributed by atoms with Crippen LogP contribution >= 0.6 is 0 Å². The molecule has 1 heterocycles. The average Bonchev–Trinajstić information content (AvgIpc) is 3.05. The fourth-order valence-electron chi connectivity index (χ4n) is 2.83. The molecule has 1 amide bonds. The van der Waals surface area contributed by atoms with Crippen molar-refractivity contribution in [1.29, 1.82) is 0 Å². The molecule has 0 bridgehead atoms. The Balaban J connectivity index is 2.12. The van der Waals surface area contributed by atoms with Crippen LogP contribution in [-0.2, 0) is 22.0 Å². The highest BCUT2D eigenvalue weighted by atomic mass is 16.3. The van der Waals surface area contributed by atoms with Gasteiger partial charge in [0.05, 0.1) is 12.5 Å². The van der Waals surface area contributed by atoms with Gasteiger partial charge in [-0.1, -0.05) is 53.7 Å². The minimum Gasteiger partial charge on any atom is -0.507 e. The number of phenolic OH excluding ortho intramolecular Hbond substituents is 1. The molecule has 2 aromatic rings. The third kappa shape index (κ3) is 5.71. The van der Waals surface area contributed by atoms with E-state index in [4.69, 9.17) is 4.42 Å². The maximum absolute atomic E-state index is 12.1. The molecule has 0 saturated heterocycles. The molecule has 1 aromatic carbocycles. The molecule has 27 heavy (non-hydrogen) atoms. The Kier molecular flexibility index (Phi) is 6.14. The van der Waals surface area contributed by atoms with Crippen LogP contribution in [-0.4, -0.2) is 17.2 Å². The molecule has 2 N–H and O–H groups in total. The fourth-order valence-corrected chi connectivity index (χ4v) is 2.83. The van der Waals surface area contributed by atoms with Gasteiger partial charge in [-0.05, 0) is 46.1 Å². The second-order valence-corrected chi connectivity index (χ2v) is 8.85. The van der Waals surface area contributed by atoms with Crippen molar-refractivity contribution >= 4 is 12.1 Å². The van der Waals surface area contributed by atoms with E-state index in [1.165, 1.54) is 6.21 Å². The lowest BCUT2D eigenvalue weighted by Crippen LogP contribution is -2.20. The van der Waals surface area contributed by atoms with Gasteiger partial charge >= 0.3 is 0 Å². The highest BCUT2D eigenvalue weighted by Crippen LogP contribution is 2.39. The van der Waals surface area contributed by atoms with E-state index in [-0.39, 0.29) is 16.7 Å². The predicted octanol–water partition coefficient (Wildman–Crippen LogP) is 4.66. The number of carbonyl (C=O) groups is 1. The number of hydrogen-bond acceptors (Lipinski definition) is 4. The zero-order chi connectivity index (χ0) is 20.2. The van der Waals surface area contributed by atoms with Crippen molar-refractivity contribution in [2.45, 2.75) is 65.2 Å². The number of aromatic hydroxyl groups is 1. The Morgan fingerprint density at radius 1 is 1.15 bits per heavy atom. The molecule has 0 saturated carbocycles. The zero-order valence-corrected chi connectivity index (χ0v) is 17.1.